The van der Waals surface area contributed by atoms with Crippen molar-refractivity contribution in [1.29, 1.82) is 0 Å². The monoisotopic (exact) mass is 263 g/mol. The van der Waals surface area contributed by atoms with Gasteiger partial charge in [0, 0.05) is 16.5 Å². The topological polar surface area (TPSA) is 54.7 Å². The molecule has 3 nitrogen and oxygen atoms in total. The lowest BCUT2D eigenvalue weighted by Crippen LogP contribution is -2.00. The minimum Gasteiger partial charge on any atom is -0.382 e. The Hall–Kier alpha value is -1.29. The summed E-state index contributed by atoms with van der Waals surface area (Å²) in [5, 5.41) is 9.44. The van der Waals surface area contributed by atoms with E-state index in [0.29, 0.717) is 11.7 Å². The van der Waals surface area contributed by atoms with Gasteiger partial charge >= 0.3 is 0 Å². The molecule has 0 bridgehead atoms. The average Bonchev–Trinajstić information content (AvgIpc) is 3.00. The highest BCUT2D eigenvalue weighted by Crippen LogP contribution is 2.37. The van der Waals surface area contributed by atoms with Crippen LogP contribution in [0.2, 0.25) is 0 Å². The van der Waals surface area contributed by atoms with Gasteiger partial charge in [0.25, 0.3) is 0 Å². The maximum absolute atomic E-state index is 6.02. The highest BCUT2D eigenvalue weighted by molar-refractivity contribution is 7.13. The minimum absolute atomic E-state index is 0.534. The SMILES string of the molecule is CCCCC(CC)c1[nH]nc(N)c1-c1cccs1. The first-order chi connectivity index (χ1) is 8.77. The third-order valence-electron chi connectivity index (χ3n) is 3.40. The molecule has 2 aromatic rings. The molecular formula is C14H21N3S. The Kier molecular flexibility index (Phi) is 4.42. The van der Waals surface area contributed by atoms with Gasteiger partial charge in [0.05, 0.1) is 5.56 Å². The quantitative estimate of drug-likeness (QED) is 0.811. The summed E-state index contributed by atoms with van der Waals surface area (Å²) >= 11 is 1.72. The predicted octanol–water partition coefficient (Wildman–Crippen LogP) is 4.40. The van der Waals surface area contributed by atoms with Crippen molar-refractivity contribution in [3.63, 3.8) is 0 Å². The Morgan fingerprint density at radius 2 is 2.28 bits per heavy atom. The van der Waals surface area contributed by atoms with Crippen molar-refractivity contribution >= 4 is 17.2 Å². The van der Waals surface area contributed by atoms with Crippen molar-refractivity contribution in [2.45, 2.75) is 45.4 Å². The van der Waals surface area contributed by atoms with Crippen molar-refractivity contribution in [2.75, 3.05) is 5.73 Å². The summed E-state index contributed by atoms with van der Waals surface area (Å²) in [5.41, 5.74) is 8.35. The van der Waals surface area contributed by atoms with Gasteiger partial charge in [0.15, 0.2) is 5.82 Å². The van der Waals surface area contributed by atoms with Gasteiger partial charge in [-0.3, -0.25) is 5.10 Å². The fourth-order valence-corrected chi connectivity index (χ4v) is 3.14. The van der Waals surface area contributed by atoms with Gasteiger partial charge in [-0.25, -0.2) is 0 Å². The van der Waals surface area contributed by atoms with E-state index in [1.54, 1.807) is 11.3 Å². The molecule has 3 N–H and O–H groups in total. The number of nitrogen functional groups attached to an aromatic ring is 1. The molecule has 0 radical (unpaired) electrons. The smallest absolute Gasteiger partial charge is 0.154 e. The number of nitrogens with two attached hydrogens (primary N) is 1. The summed E-state index contributed by atoms with van der Waals surface area (Å²) in [6.07, 6.45) is 4.81. The summed E-state index contributed by atoms with van der Waals surface area (Å²) in [4.78, 5) is 1.21. The van der Waals surface area contributed by atoms with Gasteiger partial charge < -0.3 is 5.73 Å². The van der Waals surface area contributed by atoms with Gasteiger partial charge in [0.2, 0.25) is 0 Å². The molecule has 0 aliphatic heterocycles. The van der Waals surface area contributed by atoms with Crippen molar-refractivity contribution in [2.24, 2.45) is 0 Å². The van der Waals surface area contributed by atoms with E-state index in [-0.39, 0.29) is 0 Å². The molecule has 0 aliphatic rings. The van der Waals surface area contributed by atoms with Crippen LogP contribution in [0.4, 0.5) is 5.82 Å². The first-order valence-corrected chi connectivity index (χ1v) is 7.53. The van der Waals surface area contributed by atoms with Crippen molar-refractivity contribution < 1.29 is 0 Å². The molecule has 0 spiro atoms. The average molecular weight is 263 g/mol. The zero-order chi connectivity index (χ0) is 13.0. The number of aromatic amines is 1. The van der Waals surface area contributed by atoms with Crippen molar-refractivity contribution in [1.82, 2.24) is 10.2 Å². The second kappa shape index (κ2) is 6.05. The number of unbranched alkanes of at least 4 members (excludes halogenated alkanes) is 1. The van der Waals surface area contributed by atoms with E-state index in [4.69, 9.17) is 5.73 Å². The molecular weight excluding hydrogens is 242 g/mol. The lowest BCUT2D eigenvalue weighted by Gasteiger charge is -2.14. The summed E-state index contributed by atoms with van der Waals surface area (Å²) < 4.78 is 0. The van der Waals surface area contributed by atoms with Crippen LogP contribution in [0.3, 0.4) is 0 Å². The third kappa shape index (κ3) is 2.58. The number of rotatable bonds is 6. The van der Waals surface area contributed by atoms with Crippen LogP contribution in [0.1, 0.15) is 51.1 Å². The van der Waals surface area contributed by atoms with Crippen LogP contribution in [0, 0.1) is 0 Å². The number of hydrogen-bond donors (Lipinski definition) is 2. The highest BCUT2D eigenvalue weighted by Gasteiger charge is 2.20. The standard InChI is InChI=1S/C14H21N3S/c1-3-5-7-10(4-2)13-12(14(15)17-16-13)11-8-6-9-18-11/h6,8-10H,3-5,7H2,1-2H3,(H3,15,16,17). The molecule has 0 saturated carbocycles. The molecule has 1 unspecified atom stereocenters. The Morgan fingerprint density at radius 3 is 2.89 bits per heavy atom. The number of nitrogens with one attached hydrogen (secondary N) is 1. The maximum atomic E-state index is 6.02. The van der Waals surface area contributed by atoms with E-state index in [1.165, 1.54) is 29.8 Å². The highest BCUT2D eigenvalue weighted by atomic mass is 32.1. The van der Waals surface area contributed by atoms with E-state index in [9.17, 15) is 0 Å². The summed E-state index contributed by atoms with van der Waals surface area (Å²) in [6.45, 7) is 4.46. The van der Waals surface area contributed by atoms with Crippen LogP contribution in [0.5, 0.6) is 0 Å². The Bertz CT molecular complexity index is 473. The Labute approximate surface area is 112 Å². The van der Waals surface area contributed by atoms with Gasteiger partial charge in [0.1, 0.15) is 0 Å². The van der Waals surface area contributed by atoms with Gasteiger partial charge in [-0.2, -0.15) is 5.10 Å². The molecule has 0 aromatic carbocycles. The second-order valence-electron chi connectivity index (χ2n) is 4.62. The fraction of sp³-hybridized carbons (Fsp3) is 0.500. The lowest BCUT2D eigenvalue weighted by molar-refractivity contribution is 0.557. The fourth-order valence-electron chi connectivity index (χ4n) is 2.35. The normalized spacial score (nSPS) is 12.8. The number of hydrogen-bond acceptors (Lipinski definition) is 3. The molecule has 2 heterocycles. The van der Waals surface area contributed by atoms with Crippen molar-refractivity contribution in [3.05, 3.63) is 23.2 Å². The molecule has 2 rings (SSSR count). The Balaban J connectivity index is 2.33. The van der Waals surface area contributed by atoms with Crippen LogP contribution in [0.25, 0.3) is 10.4 Å². The van der Waals surface area contributed by atoms with E-state index in [0.717, 1.165) is 12.0 Å². The van der Waals surface area contributed by atoms with Crippen LogP contribution in [0.15, 0.2) is 17.5 Å². The number of H-pyrrole nitrogens is 1. The van der Waals surface area contributed by atoms with Crippen molar-refractivity contribution in [3.8, 4) is 10.4 Å². The van der Waals surface area contributed by atoms with E-state index >= 15 is 0 Å². The molecule has 4 heteroatoms. The largest absolute Gasteiger partial charge is 0.382 e. The maximum Gasteiger partial charge on any atom is 0.154 e. The molecule has 0 amide bonds. The molecule has 0 aliphatic carbocycles. The van der Waals surface area contributed by atoms with Gasteiger partial charge in [-0.15, -0.1) is 11.3 Å². The van der Waals surface area contributed by atoms with Crippen LogP contribution < -0.4 is 5.73 Å². The Morgan fingerprint density at radius 1 is 1.44 bits per heavy atom. The second-order valence-corrected chi connectivity index (χ2v) is 5.57. The summed E-state index contributed by atoms with van der Waals surface area (Å²) in [7, 11) is 0. The van der Waals surface area contributed by atoms with Gasteiger partial charge in [-0.05, 0) is 24.3 Å². The zero-order valence-corrected chi connectivity index (χ0v) is 11.9. The number of nitrogens with zero attached hydrogens (tertiary/aromatic N) is 1. The van der Waals surface area contributed by atoms with Crippen LogP contribution in [-0.2, 0) is 0 Å². The van der Waals surface area contributed by atoms with Gasteiger partial charge in [-0.1, -0.05) is 32.8 Å². The predicted molar refractivity (Wildman–Crippen MR) is 78.9 cm³/mol. The number of thiophene rings is 1. The number of anilines is 1. The molecule has 18 heavy (non-hydrogen) atoms. The minimum atomic E-state index is 0.534. The van der Waals surface area contributed by atoms with Crippen LogP contribution in [-0.4, -0.2) is 10.2 Å². The summed E-state index contributed by atoms with van der Waals surface area (Å²) in [6, 6.07) is 4.17. The molecule has 1 atom stereocenters. The summed E-state index contributed by atoms with van der Waals surface area (Å²) in [5.74, 6) is 1.16. The zero-order valence-electron chi connectivity index (χ0n) is 11.1. The lowest BCUT2D eigenvalue weighted by atomic mass is 9.93. The first-order valence-electron chi connectivity index (χ1n) is 6.65. The molecule has 98 valence electrons. The van der Waals surface area contributed by atoms with Crippen LogP contribution >= 0.6 is 11.3 Å². The molecule has 0 fully saturated rings. The number of aromatic nitrogens is 2. The third-order valence-corrected chi connectivity index (χ3v) is 4.28. The van der Waals surface area contributed by atoms with E-state index in [1.807, 2.05) is 0 Å². The molecule has 0 saturated heterocycles. The first kappa shape index (κ1) is 13.1. The van der Waals surface area contributed by atoms with E-state index in [2.05, 4.69) is 41.6 Å². The van der Waals surface area contributed by atoms with E-state index < -0.39 is 0 Å². The molecule has 2 aromatic heterocycles.